The molecule has 0 saturated carbocycles. The maximum absolute atomic E-state index is 12.9. The van der Waals surface area contributed by atoms with Crippen molar-refractivity contribution in [3.8, 4) is 0 Å². The highest BCUT2D eigenvalue weighted by atomic mass is 19.3. The smallest absolute Gasteiger partial charge is 0.319 e. The van der Waals surface area contributed by atoms with Crippen LogP contribution < -0.4 is 5.32 Å². The van der Waals surface area contributed by atoms with Crippen LogP contribution in [-0.2, 0) is 4.74 Å². The number of nitrogens with zero attached hydrogens (tertiary/aromatic N) is 1. The molecule has 1 aromatic heterocycles. The summed E-state index contributed by atoms with van der Waals surface area (Å²) in [6, 6.07) is 2.96. The number of hydrogen-bond acceptors (Lipinski definition) is 2. The van der Waals surface area contributed by atoms with Gasteiger partial charge in [-0.2, -0.15) is 8.78 Å². The molecule has 1 amide bonds. The van der Waals surface area contributed by atoms with E-state index in [-0.39, 0.29) is 5.69 Å². The molecule has 1 atom stereocenters. The van der Waals surface area contributed by atoms with Crippen LogP contribution in [0.25, 0.3) is 0 Å². The molecular weight excluding hydrogens is 278 g/mol. The van der Waals surface area contributed by atoms with Crippen molar-refractivity contribution < 1.29 is 18.3 Å². The Labute approximate surface area is 123 Å². The zero-order chi connectivity index (χ0) is 15.2. The molecule has 2 heterocycles. The fourth-order valence-corrected chi connectivity index (χ4v) is 2.66. The van der Waals surface area contributed by atoms with Gasteiger partial charge < -0.3 is 10.1 Å². The van der Waals surface area contributed by atoms with Crippen LogP contribution >= 0.6 is 0 Å². The molecular formula is C15H22F2N2O2. The van der Waals surface area contributed by atoms with E-state index >= 15 is 0 Å². The van der Waals surface area contributed by atoms with Crippen molar-refractivity contribution in [1.82, 2.24) is 9.88 Å². The summed E-state index contributed by atoms with van der Waals surface area (Å²) in [5.41, 5.74) is 0.398. The van der Waals surface area contributed by atoms with Gasteiger partial charge in [-0.3, -0.25) is 9.36 Å². The summed E-state index contributed by atoms with van der Waals surface area (Å²) in [6.45, 7) is 0.217. The number of aromatic nitrogens is 1. The van der Waals surface area contributed by atoms with Gasteiger partial charge in [0.2, 0.25) is 0 Å². The monoisotopic (exact) mass is 300 g/mol. The number of carbonyl (C=O) groups excluding carboxylic acids is 1. The Bertz CT molecular complexity index is 468. The third-order valence-electron chi connectivity index (χ3n) is 3.81. The van der Waals surface area contributed by atoms with E-state index in [1.165, 1.54) is 12.1 Å². The average molecular weight is 300 g/mol. The Hall–Kier alpha value is -1.43. The van der Waals surface area contributed by atoms with E-state index in [9.17, 15) is 13.6 Å². The zero-order valence-electron chi connectivity index (χ0n) is 12.3. The molecule has 0 unspecified atom stereocenters. The van der Waals surface area contributed by atoms with Crippen LogP contribution in [0.4, 0.5) is 8.78 Å². The molecule has 1 aliphatic rings. The van der Waals surface area contributed by atoms with E-state index in [2.05, 4.69) is 5.32 Å². The zero-order valence-corrected chi connectivity index (χ0v) is 12.3. The molecule has 0 bridgehead atoms. The Morgan fingerprint density at radius 3 is 2.95 bits per heavy atom. The van der Waals surface area contributed by atoms with E-state index in [0.29, 0.717) is 18.3 Å². The Morgan fingerprint density at radius 1 is 1.48 bits per heavy atom. The number of unbranched alkanes of at least 4 members (excludes halogenated alkanes) is 1. The second kappa shape index (κ2) is 7.54. The molecule has 1 saturated heterocycles. The summed E-state index contributed by atoms with van der Waals surface area (Å²) >= 11 is 0. The predicted molar refractivity (Wildman–Crippen MR) is 75.6 cm³/mol. The minimum atomic E-state index is -2.69. The first-order chi connectivity index (χ1) is 10.1. The normalized spacial score (nSPS) is 18.4. The number of carbonyl (C=O) groups is 1. The Balaban J connectivity index is 1.72. The fourth-order valence-electron chi connectivity index (χ4n) is 2.66. The summed E-state index contributed by atoms with van der Waals surface area (Å²) in [4.78, 5) is 11.9. The van der Waals surface area contributed by atoms with Gasteiger partial charge in [0.1, 0.15) is 5.69 Å². The lowest BCUT2D eigenvalue weighted by Gasteiger charge is -2.11. The molecule has 4 nitrogen and oxygen atoms in total. The van der Waals surface area contributed by atoms with Crippen molar-refractivity contribution >= 4 is 5.91 Å². The third-order valence-corrected chi connectivity index (χ3v) is 3.81. The number of amides is 1. The Kier molecular flexibility index (Phi) is 5.73. The van der Waals surface area contributed by atoms with E-state index in [4.69, 9.17) is 4.74 Å². The number of ether oxygens (including phenoxy) is 1. The largest absolute Gasteiger partial charge is 0.378 e. The van der Waals surface area contributed by atoms with Gasteiger partial charge in [0.05, 0.1) is 6.10 Å². The number of nitrogens with one attached hydrogen (secondary N) is 1. The molecule has 0 aliphatic carbocycles. The molecule has 6 heteroatoms. The lowest BCUT2D eigenvalue weighted by Crippen LogP contribution is -2.27. The van der Waals surface area contributed by atoms with Gasteiger partial charge in [0, 0.05) is 18.8 Å². The van der Waals surface area contributed by atoms with E-state index in [0.717, 1.165) is 43.3 Å². The molecule has 2 rings (SSSR count). The summed E-state index contributed by atoms with van der Waals surface area (Å²) in [5, 5.41) is 2.70. The van der Waals surface area contributed by atoms with Crippen molar-refractivity contribution in [2.75, 3.05) is 13.2 Å². The van der Waals surface area contributed by atoms with Gasteiger partial charge >= 0.3 is 6.55 Å². The van der Waals surface area contributed by atoms with Crippen molar-refractivity contribution in [2.24, 2.45) is 0 Å². The van der Waals surface area contributed by atoms with Gasteiger partial charge in [0.25, 0.3) is 5.91 Å². The second-order valence-electron chi connectivity index (χ2n) is 5.39. The lowest BCUT2D eigenvalue weighted by molar-refractivity contribution is 0.0617. The molecule has 1 N–H and O–H groups in total. The molecule has 21 heavy (non-hydrogen) atoms. The first kappa shape index (κ1) is 15.9. The summed E-state index contributed by atoms with van der Waals surface area (Å²) in [6.07, 6.45) is 5.42. The highest BCUT2D eigenvalue weighted by Crippen LogP contribution is 2.19. The van der Waals surface area contributed by atoms with Crippen LogP contribution in [0.3, 0.4) is 0 Å². The number of rotatable bonds is 7. The van der Waals surface area contributed by atoms with Crippen molar-refractivity contribution in [3.05, 3.63) is 23.5 Å². The van der Waals surface area contributed by atoms with Crippen molar-refractivity contribution in [2.45, 2.75) is 51.7 Å². The highest BCUT2D eigenvalue weighted by Gasteiger charge is 2.19. The van der Waals surface area contributed by atoms with Gasteiger partial charge in [0.15, 0.2) is 0 Å². The van der Waals surface area contributed by atoms with Crippen LogP contribution in [-0.4, -0.2) is 29.7 Å². The maximum atomic E-state index is 12.9. The summed E-state index contributed by atoms with van der Waals surface area (Å²) in [5.74, 6) is -0.444. The lowest BCUT2D eigenvalue weighted by atomic mass is 10.1. The summed E-state index contributed by atoms with van der Waals surface area (Å²) in [7, 11) is 0. The van der Waals surface area contributed by atoms with Gasteiger partial charge in [-0.15, -0.1) is 0 Å². The average Bonchev–Trinajstić information content (AvgIpc) is 3.07. The maximum Gasteiger partial charge on any atom is 0.319 e. The van der Waals surface area contributed by atoms with Crippen LogP contribution in [0.2, 0.25) is 0 Å². The van der Waals surface area contributed by atoms with Crippen molar-refractivity contribution in [1.29, 1.82) is 0 Å². The minimum Gasteiger partial charge on any atom is -0.378 e. The molecule has 1 aliphatic heterocycles. The first-order valence-corrected chi connectivity index (χ1v) is 7.45. The van der Waals surface area contributed by atoms with Crippen LogP contribution in [0, 0.1) is 6.92 Å². The predicted octanol–water partition coefficient (Wildman–Crippen LogP) is 3.27. The minimum absolute atomic E-state index is 0.0154. The molecule has 0 aromatic carbocycles. The van der Waals surface area contributed by atoms with Crippen LogP contribution in [0.5, 0.6) is 0 Å². The fraction of sp³-hybridized carbons (Fsp3) is 0.667. The van der Waals surface area contributed by atoms with Crippen LogP contribution in [0.1, 0.15) is 54.8 Å². The molecule has 1 fully saturated rings. The van der Waals surface area contributed by atoms with Crippen molar-refractivity contribution in [3.63, 3.8) is 0 Å². The van der Waals surface area contributed by atoms with E-state index in [1.54, 1.807) is 6.92 Å². The molecule has 0 radical (unpaired) electrons. The molecule has 0 spiro atoms. The van der Waals surface area contributed by atoms with Gasteiger partial charge in [-0.1, -0.05) is 0 Å². The number of aryl methyl sites for hydroxylation is 1. The summed E-state index contributed by atoms with van der Waals surface area (Å²) < 4.78 is 32.0. The molecule has 1 aromatic rings. The highest BCUT2D eigenvalue weighted by molar-refractivity contribution is 5.92. The number of halogens is 2. The van der Waals surface area contributed by atoms with Crippen LogP contribution in [0.15, 0.2) is 12.1 Å². The van der Waals surface area contributed by atoms with E-state index < -0.39 is 12.5 Å². The van der Waals surface area contributed by atoms with Gasteiger partial charge in [-0.05, 0) is 51.2 Å². The Morgan fingerprint density at radius 2 is 2.29 bits per heavy atom. The standard InChI is InChI=1S/C15H22F2N2O2/c1-11-7-8-13(19(11)15(16)17)14(20)18-9-3-2-5-12-6-4-10-21-12/h7-8,12,15H,2-6,9-10H2,1H3,(H,18,20)/t12-/m0/s1. The SMILES string of the molecule is Cc1ccc(C(=O)NCCCC[C@H]2CCCO2)n1C(F)F. The second-order valence-corrected chi connectivity index (χ2v) is 5.39. The van der Waals surface area contributed by atoms with E-state index in [1.807, 2.05) is 0 Å². The molecule has 118 valence electrons. The number of alkyl halides is 2. The first-order valence-electron chi connectivity index (χ1n) is 7.45. The quantitative estimate of drug-likeness (QED) is 0.785. The number of hydrogen-bond donors (Lipinski definition) is 1. The van der Waals surface area contributed by atoms with Gasteiger partial charge in [-0.25, -0.2) is 0 Å². The third kappa shape index (κ3) is 4.27. The topological polar surface area (TPSA) is 43.3 Å².